The van der Waals surface area contributed by atoms with E-state index < -0.39 is 36.9 Å². The maximum Gasteiger partial charge on any atom is 0.223 e. The van der Waals surface area contributed by atoms with E-state index in [0.29, 0.717) is 5.75 Å². The second kappa shape index (κ2) is 8.51. The Labute approximate surface area is 169 Å². The third kappa shape index (κ3) is 4.43. The summed E-state index contributed by atoms with van der Waals surface area (Å²) in [7, 11) is 0. The molecule has 2 saturated heterocycles. The van der Waals surface area contributed by atoms with E-state index in [-0.39, 0.29) is 12.5 Å². The number of hydrogen-bond acceptors (Lipinski definition) is 6. The Morgan fingerprint density at radius 3 is 2.66 bits per heavy atom. The van der Waals surface area contributed by atoms with Gasteiger partial charge in [0.25, 0.3) is 0 Å². The van der Waals surface area contributed by atoms with E-state index in [1.54, 1.807) is 6.07 Å². The molecule has 2 aliphatic rings. The Kier molecular flexibility index (Phi) is 5.82. The van der Waals surface area contributed by atoms with Crippen molar-refractivity contribution in [3.8, 4) is 5.75 Å². The third-order valence-corrected chi connectivity index (χ3v) is 5.05. The Morgan fingerprint density at radius 1 is 1.14 bits per heavy atom. The molecule has 0 bridgehead atoms. The zero-order valence-electron chi connectivity index (χ0n) is 16.4. The summed E-state index contributed by atoms with van der Waals surface area (Å²) >= 11 is 0. The molecule has 154 valence electrons. The number of rotatable bonds is 4. The molecule has 1 amide bonds. The number of fused-ring (bicyclic) bond motifs is 1. The SMILES string of the molecule is CC(=O)N[C@H]1[C@H](Oc2cccc(C)c2)O[C@@H]2COC(c3ccccc3)O[C@H]2[C@@H]1O. The number of nitrogens with one attached hydrogen (secondary N) is 1. The van der Waals surface area contributed by atoms with Crippen LogP contribution in [0, 0.1) is 6.92 Å². The van der Waals surface area contributed by atoms with Gasteiger partial charge in [-0.3, -0.25) is 4.79 Å². The summed E-state index contributed by atoms with van der Waals surface area (Å²) in [6.07, 6.45) is -3.70. The number of ether oxygens (including phenoxy) is 4. The molecule has 6 atom stereocenters. The van der Waals surface area contributed by atoms with Crippen molar-refractivity contribution in [3.05, 3.63) is 65.7 Å². The van der Waals surface area contributed by atoms with Crippen molar-refractivity contribution in [1.29, 1.82) is 0 Å². The maximum atomic E-state index is 11.8. The average molecular weight is 399 g/mol. The van der Waals surface area contributed by atoms with Crippen molar-refractivity contribution >= 4 is 5.91 Å². The average Bonchev–Trinajstić information content (AvgIpc) is 2.71. The van der Waals surface area contributed by atoms with Gasteiger partial charge in [-0.2, -0.15) is 0 Å². The molecule has 2 aromatic carbocycles. The summed E-state index contributed by atoms with van der Waals surface area (Å²) in [5.74, 6) is 0.302. The van der Waals surface area contributed by atoms with E-state index in [1.165, 1.54) is 6.92 Å². The first kappa shape index (κ1) is 19.8. The molecule has 2 N–H and O–H groups in total. The minimum Gasteiger partial charge on any atom is -0.463 e. The highest BCUT2D eigenvalue weighted by molar-refractivity contribution is 5.73. The molecular formula is C22H25NO6. The van der Waals surface area contributed by atoms with Gasteiger partial charge in [0.05, 0.1) is 6.61 Å². The molecule has 4 rings (SSSR count). The molecule has 0 aliphatic carbocycles. The van der Waals surface area contributed by atoms with Gasteiger partial charge in [0.2, 0.25) is 12.2 Å². The van der Waals surface area contributed by atoms with E-state index in [2.05, 4.69) is 5.32 Å². The van der Waals surface area contributed by atoms with E-state index in [1.807, 2.05) is 55.5 Å². The standard InChI is InChI=1S/C22H25NO6/c1-13-7-6-10-16(11-13)27-22-18(23-14(2)24)19(25)20-17(28-22)12-26-21(29-20)15-8-4-3-5-9-15/h3-11,17-22,25H,12H2,1-2H3,(H,23,24)/t17-,18-,19-,20-,21?,22-/m1/s1. The van der Waals surface area contributed by atoms with Crippen LogP contribution in [0.1, 0.15) is 24.3 Å². The van der Waals surface area contributed by atoms with Crippen LogP contribution < -0.4 is 10.1 Å². The summed E-state index contributed by atoms with van der Waals surface area (Å²) in [5.41, 5.74) is 1.88. The lowest BCUT2D eigenvalue weighted by atomic mass is 9.95. The predicted octanol–water partition coefficient (Wildman–Crippen LogP) is 2.08. The number of aliphatic hydroxyl groups excluding tert-OH is 1. The van der Waals surface area contributed by atoms with Gasteiger partial charge < -0.3 is 29.4 Å². The molecule has 2 heterocycles. The fourth-order valence-electron chi connectivity index (χ4n) is 3.68. The minimum atomic E-state index is -1.03. The Morgan fingerprint density at radius 2 is 1.93 bits per heavy atom. The van der Waals surface area contributed by atoms with Gasteiger partial charge in [-0.05, 0) is 24.6 Å². The highest BCUT2D eigenvalue weighted by atomic mass is 16.7. The lowest BCUT2D eigenvalue weighted by Crippen LogP contribution is -2.67. The van der Waals surface area contributed by atoms with Gasteiger partial charge in [-0.25, -0.2) is 0 Å². The van der Waals surface area contributed by atoms with Crippen LogP contribution in [-0.2, 0) is 19.0 Å². The summed E-state index contributed by atoms with van der Waals surface area (Å²) in [4.78, 5) is 11.8. The third-order valence-electron chi connectivity index (χ3n) is 5.05. The zero-order valence-corrected chi connectivity index (χ0v) is 16.4. The van der Waals surface area contributed by atoms with Gasteiger partial charge in [-0.1, -0.05) is 42.5 Å². The van der Waals surface area contributed by atoms with Crippen LogP contribution in [0.3, 0.4) is 0 Å². The summed E-state index contributed by atoms with van der Waals surface area (Å²) < 4.78 is 23.9. The summed E-state index contributed by atoms with van der Waals surface area (Å²) in [6, 6.07) is 16.2. The monoisotopic (exact) mass is 399 g/mol. The minimum absolute atomic E-state index is 0.238. The lowest BCUT2D eigenvalue weighted by Gasteiger charge is -2.47. The molecule has 7 heteroatoms. The highest BCUT2D eigenvalue weighted by Crippen LogP contribution is 2.34. The van der Waals surface area contributed by atoms with Crippen LogP contribution in [-0.4, -0.2) is 48.3 Å². The lowest BCUT2D eigenvalue weighted by molar-refractivity contribution is -0.333. The number of aliphatic hydroxyl groups is 1. The quantitative estimate of drug-likeness (QED) is 0.819. The number of aryl methyl sites for hydroxylation is 1. The van der Waals surface area contributed by atoms with Crippen molar-refractivity contribution in [1.82, 2.24) is 5.32 Å². The molecule has 2 aliphatic heterocycles. The summed E-state index contributed by atoms with van der Waals surface area (Å²) in [5, 5.41) is 13.8. The molecule has 1 unspecified atom stereocenters. The molecule has 7 nitrogen and oxygen atoms in total. The van der Waals surface area contributed by atoms with Crippen LogP contribution in [0.5, 0.6) is 5.75 Å². The Balaban J connectivity index is 1.54. The van der Waals surface area contributed by atoms with Gasteiger partial charge in [0, 0.05) is 12.5 Å². The topological polar surface area (TPSA) is 86.3 Å². The molecule has 29 heavy (non-hydrogen) atoms. The second-order valence-electron chi connectivity index (χ2n) is 7.37. The Hall–Kier alpha value is -2.45. The van der Waals surface area contributed by atoms with Gasteiger partial charge in [0.15, 0.2) is 6.29 Å². The second-order valence-corrected chi connectivity index (χ2v) is 7.37. The number of carbonyl (C=O) groups excluding carboxylic acids is 1. The van der Waals surface area contributed by atoms with Crippen LogP contribution in [0.4, 0.5) is 0 Å². The first-order chi connectivity index (χ1) is 14.0. The van der Waals surface area contributed by atoms with Crippen LogP contribution in [0.2, 0.25) is 0 Å². The predicted molar refractivity (Wildman–Crippen MR) is 104 cm³/mol. The molecule has 0 radical (unpaired) electrons. The van der Waals surface area contributed by atoms with E-state index in [9.17, 15) is 9.90 Å². The van der Waals surface area contributed by atoms with Crippen molar-refractivity contribution in [2.24, 2.45) is 0 Å². The number of hydrogen-bond donors (Lipinski definition) is 2. The maximum absolute atomic E-state index is 11.8. The first-order valence-electron chi connectivity index (χ1n) is 9.67. The largest absolute Gasteiger partial charge is 0.463 e. The Bertz CT molecular complexity index is 844. The van der Waals surface area contributed by atoms with E-state index in [0.717, 1.165) is 11.1 Å². The summed E-state index contributed by atoms with van der Waals surface area (Å²) in [6.45, 7) is 3.58. The molecule has 0 spiro atoms. The number of carbonyl (C=O) groups is 1. The zero-order chi connectivity index (χ0) is 20.4. The first-order valence-corrected chi connectivity index (χ1v) is 9.67. The number of amides is 1. The van der Waals surface area contributed by atoms with E-state index in [4.69, 9.17) is 18.9 Å². The van der Waals surface area contributed by atoms with Crippen molar-refractivity contribution in [2.45, 2.75) is 50.8 Å². The smallest absolute Gasteiger partial charge is 0.223 e. The van der Waals surface area contributed by atoms with Gasteiger partial charge in [0.1, 0.15) is 30.1 Å². The van der Waals surface area contributed by atoms with Crippen LogP contribution in [0.25, 0.3) is 0 Å². The molecule has 2 aromatic rings. The molecule has 0 saturated carbocycles. The van der Waals surface area contributed by atoms with Gasteiger partial charge in [-0.15, -0.1) is 0 Å². The molecule has 2 fully saturated rings. The van der Waals surface area contributed by atoms with Crippen molar-refractivity contribution in [3.63, 3.8) is 0 Å². The highest BCUT2D eigenvalue weighted by Gasteiger charge is 2.50. The van der Waals surface area contributed by atoms with Crippen molar-refractivity contribution < 1.29 is 28.8 Å². The van der Waals surface area contributed by atoms with Crippen molar-refractivity contribution in [2.75, 3.05) is 6.61 Å². The van der Waals surface area contributed by atoms with E-state index >= 15 is 0 Å². The van der Waals surface area contributed by atoms with Crippen LogP contribution in [0.15, 0.2) is 54.6 Å². The fourth-order valence-corrected chi connectivity index (χ4v) is 3.68. The number of benzene rings is 2. The van der Waals surface area contributed by atoms with Gasteiger partial charge >= 0.3 is 0 Å². The van der Waals surface area contributed by atoms with Crippen LogP contribution >= 0.6 is 0 Å². The fraction of sp³-hybridized carbons (Fsp3) is 0.409. The molecule has 0 aromatic heterocycles. The normalized spacial score (nSPS) is 31.6. The molecular weight excluding hydrogens is 374 g/mol.